The van der Waals surface area contributed by atoms with Crippen molar-refractivity contribution < 1.29 is 19.6 Å². The molecular weight excluding hydrogens is 419 g/mol. The van der Waals surface area contributed by atoms with Gasteiger partial charge in [-0.2, -0.15) is 0 Å². The van der Waals surface area contributed by atoms with Gasteiger partial charge in [-0.3, -0.25) is 9.78 Å². The summed E-state index contributed by atoms with van der Waals surface area (Å²) in [5.41, 5.74) is 1.18. The Bertz CT molecular complexity index is 711. The second-order valence-electron chi connectivity index (χ2n) is 6.77. The molecule has 0 radical (unpaired) electrons. The first-order valence-corrected chi connectivity index (χ1v) is 10.7. The number of nitrogens with zero attached hydrogens (tertiary/aromatic N) is 2. The van der Waals surface area contributed by atoms with Gasteiger partial charge in [-0.15, -0.1) is 12.8 Å². The second kappa shape index (κ2) is 25.2. The molecule has 0 saturated heterocycles. The SMILES string of the molecule is C#C.CC.CC(C)C.CNCB(O)O.O=C[C@H](Cc1ccccc1)NC(=O)c1cnccn1. The smallest absolute Gasteiger partial charge is 0.426 e. The second-order valence-corrected chi connectivity index (χ2v) is 6.77. The Labute approximate surface area is 199 Å². The monoisotopic (exact) mass is 458 g/mol. The van der Waals surface area contributed by atoms with Crippen molar-refractivity contribution in [3.05, 3.63) is 60.2 Å². The van der Waals surface area contributed by atoms with E-state index < -0.39 is 19.1 Å². The Hall–Kier alpha value is -3.06. The highest BCUT2D eigenvalue weighted by Crippen LogP contribution is 2.02. The molecule has 0 aliphatic rings. The fraction of sp³-hybridized carbons (Fsp3) is 0.417. The molecule has 8 nitrogen and oxygen atoms in total. The highest BCUT2D eigenvalue weighted by Gasteiger charge is 2.14. The fourth-order valence-electron chi connectivity index (χ4n) is 1.84. The van der Waals surface area contributed by atoms with Crippen molar-refractivity contribution in [3.8, 4) is 12.8 Å². The lowest BCUT2D eigenvalue weighted by molar-refractivity contribution is -0.109. The fourth-order valence-corrected chi connectivity index (χ4v) is 1.84. The van der Waals surface area contributed by atoms with Gasteiger partial charge < -0.3 is 25.5 Å². The van der Waals surface area contributed by atoms with Gasteiger partial charge in [0.05, 0.1) is 12.2 Å². The van der Waals surface area contributed by atoms with E-state index in [0.717, 1.165) is 17.8 Å². The third kappa shape index (κ3) is 23.4. The van der Waals surface area contributed by atoms with Crippen LogP contribution in [0.1, 0.15) is 50.7 Å². The maximum absolute atomic E-state index is 11.8. The third-order valence-electron chi connectivity index (χ3n) is 2.96. The van der Waals surface area contributed by atoms with E-state index in [0.29, 0.717) is 6.42 Å². The van der Waals surface area contributed by atoms with E-state index in [2.05, 4.69) is 54.2 Å². The minimum atomic E-state index is -1.21. The van der Waals surface area contributed by atoms with Crippen LogP contribution >= 0.6 is 0 Å². The van der Waals surface area contributed by atoms with Crippen LogP contribution in [0.3, 0.4) is 0 Å². The summed E-state index contributed by atoms with van der Waals surface area (Å²) < 4.78 is 0. The van der Waals surface area contributed by atoms with Crippen molar-refractivity contribution in [2.24, 2.45) is 5.92 Å². The van der Waals surface area contributed by atoms with E-state index in [4.69, 9.17) is 10.0 Å². The van der Waals surface area contributed by atoms with Crippen molar-refractivity contribution in [3.63, 3.8) is 0 Å². The van der Waals surface area contributed by atoms with Gasteiger partial charge in [-0.25, -0.2) is 4.98 Å². The van der Waals surface area contributed by atoms with Crippen molar-refractivity contribution in [2.45, 2.75) is 47.1 Å². The van der Waals surface area contributed by atoms with E-state index >= 15 is 0 Å². The van der Waals surface area contributed by atoms with Crippen LogP contribution in [0.15, 0.2) is 48.9 Å². The summed E-state index contributed by atoms with van der Waals surface area (Å²) in [6, 6.07) is 8.92. The molecule has 0 saturated carbocycles. The van der Waals surface area contributed by atoms with Crippen molar-refractivity contribution in [1.82, 2.24) is 20.6 Å². The summed E-state index contributed by atoms with van der Waals surface area (Å²) >= 11 is 0. The molecule has 0 spiro atoms. The number of aldehydes is 1. The topological polar surface area (TPSA) is 124 Å². The largest absolute Gasteiger partial charge is 0.466 e. The number of benzene rings is 1. The minimum absolute atomic E-state index is 0.197. The first-order valence-electron chi connectivity index (χ1n) is 10.7. The molecule has 182 valence electrons. The van der Waals surface area contributed by atoms with Gasteiger partial charge in [-0.1, -0.05) is 65.0 Å². The van der Waals surface area contributed by atoms with Gasteiger partial charge in [-0.05, 0) is 24.9 Å². The zero-order valence-electron chi connectivity index (χ0n) is 20.6. The summed E-state index contributed by atoms with van der Waals surface area (Å²) in [4.78, 5) is 30.6. The summed E-state index contributed by atoms with van der Waals surface area (Å²) in [6.07, 6.45) is 13.7. The molecule has 2 rings (SSSR count). The maximum atomic E-state index is 11.8. The zero-order valence-corrected chi connectivity index (χ0v) is 20.6. The first kappa shape index (κ1) is 34.6. The number of hydrogen-bond donors (Lipinski definition) is 4. The molecule has 4 N–H and O–H groups in total. The van der Waals surface area contributed by atoms with Gasteiger partial charge in [0.2, 0.25) is 0 Å². The van der Waals surface area contributed by atoms with Crippen LogP contribution in [0.5, 0.6) is 0 Å². The van der Waals surface area contributed by atoms with Crippen LogP contribution < -0.4 is 10.6 Å². The molecule has 33 heavy (non-hydrogen) atoms. The van der Waals surface area contributed by atoms with Gasteiger partial charge in [0.1, 0.15) is 12.0 Å². The lowest BCUT2D eigenvalue weighted by Gasteiger charge is -2.12. The first-order chi connectivity index (χ1) is 15.8. The number of hydrogen-bond acceptors (Lipinski definition) is 7. The molecule has 1 aromatic carbocycles. The van der Waals surface area contributed by atoms with E-state index in [1.165, 1.54) is 18.6 Å². The normalized spacial score (nSPS) is 9.55. The number of aromatic nitrogens is 2. The molecule has 0 aliphatic heterocycles. The number of nitrogens with one attached hydrogen (secondary N) is 2. The molecule has 1 heterocycles. The Morgan fingerprint density at radius 3 is 2.03 bits per heavy atom. The Balaban J connectivity index is -0.000000535. The number of carbonyl (C=O) groups excluding carboxylic acids is 2. The molecule has 2 aromatic rings. The lowest BCUT2D eigenvalue weighted by Crippen LogP contribution is -2.38. The molecule has 0 aliphatic carbocycles. The molecule has 9 heteroatoms. The van der Waals surface area contributed by atoms with Crippen LogP contribution in [0.2, 0.25) is 0 Å². The van der Waals surface area contributed by atoms with Crippen LogP contribution in [0, 0.1) is 18.8 Å². The number of rotatable bonds is 7. The number of amides is 1. The predicted molar refractivity (Wildman–Crippen MR) is 135 cm³/mol. The minimum Gasteiger partial charge on any atom is -0.426 e. The summed E-state index contributed by atoms with van der Waals surface area (Å²) in [6.45, 7) is 10.5. The van der Waals surface area contributed by atoms with E-state index in [1.54, 1.807) is 7.05 Å². The molecule has 0 unspecified atom stereocenters. The third-order valence-corrected chi connectivity index (χ3v) is 2.96. The highest BCUT2D eigenvalue weighted by molar-refractivity contribution is 6.41. The summed E-state index contributed by atoms with van der Waals surface area (Å²) in [7, 11) is 0.439. The van der Waals surface area contributed by atoms with Crippen LogP contribution in [0.4, 0.5) is 0 Å². The Morgan fingerprint density at radius 1 is 1.12 bits per heavy atom. The van der Waals surface area contributed by atoms with Crippen molar-refractivity contribution in [2.75, 3.05) is 13.5 Å². The highest BCUT2D eigenvalue weighted by atomic mass is 16.4. The van der Waals surface area contributed by atoms with E-state index in [-0.39, 0.29) is 12.1 Å². The van der Waals surface area contributed by atoms with Crippen LogP contribution in [-0.4, -0.2) is 58.9 Å². The summed E-state index contributed by atoms with van der Waals surface area (Å²) in [5, 5.41) is 21.3. The van der Waals surface area contributed by atoms with Gasteiger partial charge >= 0.3 is 7.12 Å². The average Bonchev–Trinajstić information content (AvgIpc) is 2.82. The van der Waals surface area contributed by atoms with Crippen molar-refractivity contribution >= 4 is 19.3 Å². The molecule has 1 amide bonds. The Morgan fingerprint density at radius 2 is 1.67 bits per heavy atom. The van der Waals surface area contributed by atoms with Crippen LogP contribution in [0.25, 0.3) is 0 Å². The molecule has 1 atom stereocenters. The quantitative estimate of drug-likeness (QED) is 0.285. The number of terminal acetylenes is 1. The Kier molecular flexibility index (Phi) is 26.4. The summed E-state index contributed by atoms with van der Waals surface area (Å²) in [5.74, 6) is 0.432. The molecular formula is C24H39BN4O4. The van der Waals surface area contributed by atoms with Gasteiger partial charge in [0.15, 0.2) is 0 Å². The van der Waals surface area contributed by atoms with E-state index in [1.807, 2.05) is 44.2 Å². The van der Waals surface area contributed by atoms with Crippen LogP contribution in [-0.2, 0) is 11.2 Å². The molecule has 1 aromatic heterocycles. The predicted octanol–water partition coefficient (Wildman–Crippen LogP) is 2.17. The average molecular weight is 458 g/mol. The number of carbonyl (C=O) groups is 2. The van der Waals surface area contributed by atoms with Gasteiger partial charge in [0.25, 0.3) is 5.91 Å². The molecule has 0 fully saturated rings. The standard InChI is InChI=1S/C14H13N3O2.C4H10.C2H8BNO2.C2H6.C2H2/c18-10-12(8-11-4-2-1-3-5-11)17-14(19)13-9-15-6-7-16-13;1-4(2)3;1-4-2-3(5)6;2*1-2/h1-7,9-10,12H,8H2,(H,17,19);4H,1-3H3;4-6H,2H2,1H3;1-2H3;1-2H/t12-;;;;/m0..../s1. The van der Waals surface area contributed by atoms with Gasteiger partial charge in [0, 0.05) is 18.8 Å². The zero-order chi connectivity index (χ0) is 26.1. The van der Waals surface area contributed by atoms with Crippen molar-refractivity contribution in [1.29, 1.82) is 0 Å². The maximum Gasteiger partial charge on any atom is 0.466 e. The van der Waals surface area contributed by atoms with E-state index in [9.17, 15) is 9.59 Å². The molecule has 0 bridgehead atoms. The lowest BCUT2D eigenvalue weighted by atomic mass is 9.93.